The van der Waals surface area contributed by atoms with Gasteiger partial charge in [-0.05, 0) is 75.3 Å². The third kappa shape index (κ3) is 5.88. The Balaban J connectivity index is 1.41. The van der Waals surface area contributed by atoms with E-state index in [0.717, 1.165) is 60.3 Å². The van der Waals surface area contributed by atoms with Gasteiger partial charge in [0.25, 0.3) is 0 Å². The van der Waals surface area contributed by atoms with Gasteiger partial charge in [0.15, 0.2) is 5.65 Å². The summed E-state index contributed by atoms with van der Waals surface area (Å²) in [5.41, 5.74) is 5.16. The summed E-state index contributed by atoms with van der Waals surface area (Å²) >= 11 is 12.6. The number of nitrogens with zero attached hydrogens (tertiary/aromatic N) is 5. The number of halogens is 2. The zero-order chi connectivity index (χ0) is 28.1. The molecule has 2 aromatic heterocycles. The summed E-state index contributed by atoms with van der Waals surface area (Å²) in [6.07, 6.45) is 7.79. The molecule has 1 saturated heterocycles. The summed E-state index contributed by atoms with van der Waals surface area (Å²) in [7, 11) is -3.25. The van der Waals surface area contributed by atoms with Crippen LogP contribution in [0.25, 0.3) is 16.7 Å². The summed E-state index contributed by atoms with van der Waals surface area (Å²) < 4.78 is 25.5. The highest BCUT2D eigenvalue weighted by Crippen LogP contribution is 2.37. The highest BCUT2D eigenvalue weighted by Gasteiger charge is 2.39. The quantitative estimate of drug-likeness (QED) is 0.407. The molecule has 1 aliphatic carbocycles. The SMILES string of the molecule is Cc1nn([C@H](C)c2ccc(Cl)cc2Cl)c2nc(C3=CC[C@H](N4CCCC4C(O)CS(C)(=O)=O)[C@H](C)C3)cnc12. The van der Waals surface area contributed by atoms with Crippen molar-refractivity contribution >= 4 is 49.8 Å². The first-order valence-corrected chi connectivity index (χ1v) is 16.2. The van der Waals surface area contributed by atoms with Crippen molar-refractivity contribution < 1.29 is 13.5 Å². The van der Waals surface area contributed by atoms with E-state index < -0.39 is 15.9 Å². The number of rotatable bonds is 7. The molecule has 5 atom stereocenters. The molecule has 3 aromatic rings. The fourth-order valence-corrected chi connectivity index (χ4v) is 7.65. The van der Waals surface area contributed by atoms with Crippen LogP contribution in [0.2, 0.25) is 10.0 Å². The zero-order valence-electron chi connectivity index (χ0n) is 22.7. The molecule has 1 fully saturated rings. The summed E-state index contributed by atoms with van der Waals surface area (Å²) in [6, 6.07) is 5.43. The van der Waals surface area contributed by atoms with Crippen LogP contribution in [0.1, 0.15) is 62.5 Å². The summed E-state index contributed by atoms with van der Waals surface area (Å²) in [4.78, 5) is 12.1. The first-order chi connectivity index (χ1) is 18.4. The van der Waals surface area contributed by atoms with E-state index in [1.54, 1.807) is 6.07 Å². The van der Waals surface area contributed by atoms with E-state index in [-0.39, 0.29) is 23.9 Å². The number of aromatic nitrogens is 4. The highest BCUT2D eigenvalue weighted by molar-refractivity contribution is 7.90. The van der Waals surface area contributed by atoms with Crippen molar-refractivity contribution in [2.75, 3.05) is 18.6 Å². The summed E-state index contributed by atoms with van der Waals surface area (Å²) in [6.45, 7) is 7.06. The third-order valence-corrected chi connectivity index (χ3v) is 9.68. The van der Waals surface area contributed by atoms with Crippen molar-refractivity contribution in [3.8, 4) is 0 Å². The van der Waals surface area contributed by atoms with E-state index in [1.807, 2.05) is 36.9 Å². The molecule has 210 valence electrons. The number of allylic oxidation sites excluding steroid dienone is 1. The predicted molar refractivity (Wildman–Crippen MR) is 156 cm³/mol. The van der Waals surface area contributed by atoms with Gasteiger partial charge in [-0.25, -0.2) is 23.1 Å². The maximum absolute atomic E-state index is 11.8. The van der Waals surface area contributed by atoms with Crippen molar-refractivity contribution in [1.29, 1.82) is 0 Å². The molecule has 1 N–H and O–H groups in total. The number of aryl methyl sites for hydroxylation is 1. The number of hydrogen-bond acceptors (Lipinski definition) is 7. The number of sulfone groups is 1. The molecule has 39 heavy (non-hydrogen) atoms. The second-order valence-corrected chi connectivity index (χ2v) is 14.1. The Bertz CT molecular complexity index is 1520. The second-order valence-electron chi connectivity index (χ2n) is 11.1. The molecule has 0 amide bonds. The average molecular weight is 593 g/mol. The lowest BCUT2D eigenvalue weighted by atomic mass is 9.83. The maximum Gasteiger partial charge on any atom is 0.178 e. The van der Waals surface area contributed by atoms with Gasteiger partial charge in [0.2, 0.25) is 0 Å². The molecular formula is C28H35Cl2N5O3S. The van der Waals surface area contributed by atoms with Gasteiger partial charge in [-0.3, -0.25) is 4.90 Å². The van der Waals surface area contributed by atoms with E-state index in [1.165, 1.54) is 6.26 Å². The molecule has 2 unspecified atom stereocenters. The van der Waals surface area contributed by atoms with Crippen LogP contribution in [0, 0.1) is 12.8 Å². The lowest BCUT2D eigenvalue weighted by Crippen LogP contribution is -2.50. The number of aliphatic hydroxyl groups excluding tert-OH is 1. The lowest BCUT2D eigenvalue weighted by molar-refractivity contribution is 0.0463. The molecule has 8 nitrogen and oxygen atoms in total. The molecule has 11 heteroatoms. The van der Waals surface area contributed by atoms with Crippen LogP contribution in [0.15, 0.2) is 30.5 Å². The fourth-order valence-electron chi connectivity index (χ4n) is 6.24. The maximum atomic E-state index is 11.8. The number of hydrogen-bond donors (Lipinski definition) is 1. The third-order valence-electron chi connectivity index (χ3n) is 8.17. The highest BCUT2D eigenvalue weighted by atomic mass is 35.5. The van der Waals surface area contributed by atoms with Crippen LogP contribution in [0.5, 0.6) is 0 Å². The molecule has 1 aromatic carbocycles. The first kappa shape index (κ1) is 28.5. The van der Waals surface area contributed by atoms with E-state index in [0.29, 0.717) is 21.6 Å². The number of benzene rings is 1. The van der Waals surface area contributed by atoms with Gasteiger partial charge in [0.1, 0.15) is 15.4 Å². The van der Waals surface area contributed by atoms with Gasteiger partial charge in [0, 0.05) is 28.4 Å². The zero-order valence-corrected chi connectivity index (χ0v) is 25.0. The monoisotopic (exact) mass is 591 g/mol. The van der Waals surface area contributed by atoms with Crippen molar-refractivity contribution in [3.63, 3.8) is 0 Å². The number of fused-ring (bicyclic) bond motifs is 1. The minimum absolute atomic E-state index is 0.128. The largest absolute Gasteiger partial charge is 0.390 e. The van der Waals surface area contributed by atoms with E-state index >= 15 is 0 Å². The van der Waals surface area contributed by atoms with Gasteiger partial charge >= 0.3 is 0 Å². The normalized spacial score (nSPS) is 24.2. The number of likely N-dealkylation sites (tertiary alicyclic amines) is 1. The summed E-state index contributed by atoms with van der Waals surface area (Å²) in [5, 5.41) is 16.6. The summed E-state index contributed by atoms with van der Waals surface area (Å²) in [5.74, 6) is 0.116. The smallest absolute Gasteiger partial charge is 0.178 e. The molecule has 5 rings (SSSR count). The van der Waals surface area contributed by atoms with E-state index in [2.05, 4.69) is 17.9 Å². The molecule has 0 bridgehead atoms. The first-order valence-electron chi connectivity index (χ1n) is 13.4. The fraction of sp³-hybridized carbons (Fsp3) is 0.536. The van der Waals surface area contributed by atoms with Crippen LogP contribution in [0.3, 0.4) is 0 Å². The van der Waals surface area contributed by atoms with Crippen LogP contribution in [0.4, 0.5) is 0 Å². The molecule has 0 radical (unpaired) electrons. The molecular weight excluding hydrogens is 557 g/mol. The Morgan fingerprint density at radius 3 is 2.72 bits per heavy atom. The Labute approximate surface area is 240 Å². The Kier molecular flexibility index (Phi) is 8.10. The topological polar surface area (TPSA) is 101 Å². The van der Waals surface area contributed by atoms with Gasteiger partial charge in [0.05, 0.1) is 35.5 Å². The van der Waals surface area contributed by atoms with E-state index in [9.17, 15) is 13.5 Å². The Hall–Kier alpha value is -2.04. The molecule has 1 aliphatic heterocycles. The standard InChI is InChI=1S/C28H35Cl2N5O3S/c1-16-12-19(7-10-24(16)34-11-5-6-25(34)26(36)15-39(4,37)38)23-14-31-27-17(2)33-35(28(27)32-23)18(3)21-9-8-20(29)13-22(21)30/h7-9,13-14,16,18,24-26,36H,5-6,10-12,15H2,1-4H3/t16-,18-,24+,25?,26?/m1/s1. The second kappa shape index (κ2) is 11.1. The minimum atomic E-state index is -3.25. The van der Waals surface area contributed by atoms with Crippen LogP contribution >= 0.6 is 23.2 Å². The molecule has 0 saturated carbocycles. The number of aliphatic hydroxyl groups is 1. The average Bonchev–Trinajstić information content (AvgIpc) is 3.47. The Morgan fingerprint density at radius 2 is 2.03 bits per heavy atom. The molecule has 2 aliphatic rings. The van der Waals surface area contributed by atoms with Gasteiger partial charge < -0.3 is 5.11 Å². The van der Waals surface area contributed by atoms with Gasteiger partial charge in [-0.1, -0.05) is 42.3 Å². The lowest BCUT2D eigenvalue weighted by Gasteiger charge is -2.40. The van der Waals surface area contributed by atoms with Gasteiger partial charge in [-0.15, -0.1) is 0 Å². The predicted octanol–water partition coefficient (Wildman–Crippen LogP) is 5.10. The minimum Gasteiger partial charge on any atom is -0.390 e. The van der Waals surface area contributed by atoms with Crippen molar-refractivity contribution in [2.45, 2.75) is 70.7 Å². The van der Waals surface area contributed by atoms with Crippen molar-refractivity contribution in [3.05, 3.63) is 57.5 Å². The molecule has 0 spiro atoms. The Morgan fingerprint density at radius 1 is 1.26 bits per heavy atom. The molecule has 3 heterocycles. The van der Waals surface area contributed by atoms with Gasteiger partial charge in [-0.2, -0.15) is 5.10 Å². The van der Waals surface area contributed by atoms with Crippen LogP contribution < -0.4 is 0 Å². The van der Waals surface area contributed by atoms with E-state index in [4.69, 9.17) is 38.3 Å². The van der Waals surface area contributed by atoms with Crippen molar-refractivity contribution in [2.24, 2.45) is 5.92 Å². The van der Waals surface area contributed by atoms with Crippen LogP contribution in [-0.2, 0) is 9.84 Å². The van der Waals surface area contributed by atoms with Crippen molar-refractivity contribution in [1.82, 2.24) is 24.6 Å². The van der Waals surface area contributed by atoms with Crippen LogP contribution in [-0.4, -0.2) is 74.9 Å².